The summed E-state index contributed by atoms with van der Waals surface area (Å²) >= 11 is 0. The molecule has 2 amide bonds. The first-order valence-electron chi connectivity index (χ1n) is 8.80. The van der Waals surface area contributed by atoms with Crippen LogP contribution in [0.3, 0.4) is 0 Å². The molecule has 1 N–H and O–H groups in total. The lowest BCUT2D eigenvalue weighted by molar-refractivity contribution is -0.132. The van der Waals surface area contributed by atoms with Crippen LogP contribution < -0.4 is 5.32 Å². The molecule has 6 nitrogen and oxygen atoms in total. The van der Waals surface area contributed by atoms with Crippen LogP contribution in [0.4, 0.5) is 4.79 Å². The van der Waals surface area contributed by atoms with Gasteiger partial charge in [-0.25, -0.2) is 4.79 Å². The second-order valence-electron chi connectivity index (χ2n) is 7.09. The van der Waals surface area contributed by atoms with Gasteiger partial charge in [-0.2, -0.15) is 0 Å². The molecule has 0 spiro atoms. The Morgan fingerprint density at radius 2 is 1.61 bits per heavy atom. The van der Waals surface area contributed by atoms with Gasteiger partial charge in [0, 0.05) is 26.2 Å². The Balaban J connectivity index is 2.19. The van der Waals surface area contributed by atoms with Gasteiger partial charge in [-0.05, 0) is 33.7 Å². The normalized spacial score (nSPS) is 15.7. The SMILES string of the molecule is CCCCCCNCC(=O)N1CCN(C(=O)OC(C)(C)C)CC1. The molecule has 23 heavy (non-hydrogen) atoms. The standard InChI is InChI=1S/C17H33N3O3/c1-5-6-7-8-9-18-14-15(21)19-10-12-20(13-11-19)16(22)23-17(2,3)4/h18H,5-14H2,1-4H3. The summed E-state index contributed by atoms with van der Waals surface area (Å²) in [7, 11) is 0. The molecule has 1 rings (SSSR count). The summed E-state index contributed by atoms with van der Waals surface area (Å²) < 4.78 is 5.36. The highest BCUT2D eigenvalue weighted by Crippen LogP contribution is 2.11. The number of carbonyl (C=O) groups excluding carboxylic acids is 2. The Morgan fingerprint density at radius 3 is 2.17 bits per heavy atom. The topological polar surface area (TPSA) is 61.9 Å². The summed E-state index contributed by atoms with van der Waals surface area (Å²) in [4.78, 5) is 27.6. The summed E-state index contributed by atoms with van der Waals surface area (Å²) in [6, 6.07) is 0. The molecule has 0 aromatic rings. The van der Waals surface area contributed by atoms with E-state index in [0.29, 0.717) is 32.7 Å². The third kappa shape index (κ3) is 8.21. The van der Waals surface area contributed by atoms with Gasteiger partial charge in [0.25, 0.3) is 0 Å². The number of carbonyl (C=O) groups is 2. The highest BCUT2D eigenvalue weighted by atomic mass is 16.6. The van der Waals surface area contributed by atoms with Gasteiger partial charge in [0.1, 0.15) is 5.60 Å². The summed E-state index contributed by atoms with van der Waals surface area (Å²) in [6.45, 7) is 11.3. The number of amides is 2. The molecule has 0 radical (unpaired) electrons. The van der Waals surface area contributed by atoms with Crippen LogP contribution in [0.15, 0.2) is 0 Å². The lowest BCUT2D eigenvalue weighted by atomic mass is 10.2. The molecule has 1 saturated heterocycles. The second kappa shape index (κ2) is 9.75. The van der Waals surface area contributed by atoms with Crippen molar-refractivity contribution in [3.8, 4) is 0 Å². The van der Waals surface area contributed by atoms with Crippen molar-refractivity contribution in [1.29, 1.82) is 0 Å². The molecule has 6 heteroatoms. The molecule has 134 valence electrons. The van der Waals surface area contributed by atoms with Crippen LogP contribution in [0.1, 0.15) is 53.4 Å². The zero-order valence-corrected chi connectivity index (χ0v) is 15.2. The molecule has 0 aromatic carbocycles. The van der Waals surface area contributed by atoms with Gasteiger partial charge in [-0.15, -0.1) is 0 Å². The Labute approximate surface area is 140 Å². The Hall–Kier alpha value is -1.30. The molecular formula is C17H33N3O3. The number of nitrogens with one attached hydrogen (secondary N) is 1. The van der Waals surface area contributed by atoms with Gasteiger partial charge in [-0.3, -0.25) is 4.79 Å². The van der Waals surface area contributed by atoms with E-state index in [4.69, 9.17) is 4.74 Å². The van der Waals surface area contributed by atoms with Crippen molar-refractivity contribution in [3.05, 3.63) is 0 Å². The first kappa shape index (κ1) is 19.7. The van der Waals surface area contributed by atoms with Crippen LogP contribution in [0.2, 0.25) is 0 Å². The monoisotopic (exact) mass is 327 g/mol. The minimum absolute atomic E-state index is 0.115. The highest BCUT2D eigenvalue weighted by Gasteiger charge is 2.27. The number of piperazine rings is 1. The fraction of sp³-hybridized carbons (Fsp3) is 0.882. The average Bonchev–Trinajstić information content (AvgIpc) is 2.49. The summed E-state index contributed by atoms with van der Waals surface area (Å²) in [5.74, 6) is 0.115. The molecule has 0 aromatic heterocycles. The molecular weight excluding hydrogens is 294 g/mol. The van der Waals surface area contributed by atoms with E-state index in [2.05, 4.69) is 12.2 Å². The van der Waals surface area contributed by atoms with Crippen LogP contribution >= 0.6 is 0 Å². The maximum atomic E-state index is 12.1. The molecule has 0 saturated carbocycles. The number of rotatable bonds is 7. The predicted octanol–water partition coefficient (Wildman–Crippen LogP) is 2.24. The largest absolute Gasteiger partial charge is 0.444 e. The number of unbranched alkanes of at least 4 members (excludes halogenated alkanes) is 3. The zero-order chi connectivity index (χ0) is 17.3. The van der Waals surface area contributed by atoms with Crippen LogP contribution in [-0.2, 0) is 9.53 Å². The maximum Gasteiger partial charge on any atom is 0.410 e. The van der Waals surface area contributed by atoms with Gasteiger partial charge in [0.15, 0.2) is 0 Å². The number of ether oxygens (including phenoxy) is 1. The van der Waals surface area contributed by atoms with Gasteiger partial charge in [-0.1, -0.05) is 26.2 Å². The average molecular weight is 327 g/mol. The molecule has 0 bridgehead atoms. The molecule has 1 aliphatic rings. The van der Waals surface area contributed by atoms with E-state index in [1.54, 1.807) is 4.90 Å². The molecule has 0 atom stereocenters. The van der Waals surface area contributed by atoms with E-state index in [0.717, 1.165) is 13.0 Å². The van der Waals surface area contributed by atoms with Crippen molar-refractivity contribution >= 4 is 12.0 Å². The highest BCUT2D eigenvalue weighted by molar-refractivity contribution is 5.78. The lowest BCUT2D eigenvalue weighted by Gasteiger charge is -2.35. The quantitative estimate of drug-likeness (QED) is 0.729. The zero-order valence-electron chi connectivity index (χ0n) is 15.2. The summed E-state index contributed by atoms with van der Waals surface area (Å²) in [5, 5.41) is 3.21. The van der Waals surface area contributed by atoms with E-state index < -0.39 is 5.60 Å². The number of nitrogens with zero attached hydrogens (tertiary/aromatic N) is 2. The Kier molecular flexibility index (Phi) is 8.37. The van der Waals surface area contributed by atoms with Crippen LogP contribution in [0.5, 0.6) is 0 Å². The fourth-order valence-corrected chi connectivity index (χ4v) is 2.45. The number of hydrogen-bond donors (Lipinski definition) is 1. The van der Waals surface area contributed by atoms with Crippen molar-refractivity contribution in [1.82, 2.24) is 15.1 Å². The molecule has 1 heterocycles. The van der Waals surface area contributed by atoms with Crippen molar-refractivity contribution in [2.75, 3.05) is 39.3 Å². The molecule has 1 fully saturated rings. The minimum atomic E-state index is -0.480. The van der Waals surface area contributed by atoms with Crippen molar-refractivity contribution in [3.63, 3.8) is 0 Å². The Bertz CT molecular complexity index is 372. The fourth-order valence-electron chi connectivity index (χ4n) is 2.45. The number of hydrogen-bond acceptors (Lipinski definition) is 4. The summed E-state index contributed by atoms with van der Waals surface area (Å²) in [6.07, 6.45) is 4.52. The van der Waals surface area contributed by atoms with Crippen molar-refractivity contribution in [2.45, 2.75) is 59.0 Å². The Morgan fingerprint density at radius 1 is 1.00 bits per heavy atom. The maximum absolute atomic E-state index is 12.1. The van der Waals surface area contributed by atoms with Gasteiger partial charge < -0.3 is 19.9 Å². The van der Waals surface area contributed by atoms with E-state index >= 15 is 0 Å². The van der Waals surface area contributed by atoms with Crippen molar-refractivity contribution in [2.24, 2.45) is 0 Å². The van der Waals surface area contributed by atoms with E-state index in [1.165, 1.54) is 19.3 Å². The third-order valence-electron chi connectivity index (χ3n) is 3.77. The molecule has 0 unspecified atom stereocenters. The van der Waals surface area contributed by atoms with Crippen molar-refractivity contribution < 1.29 is 14.3 Å². The van der Waals surface area contributed by atoms with Crippen LogP contribution in [0.25, 0.3) is 0 Å². The van der Waals surface area contributed by atoms with Gasteiger partial charge in [0.05, 0.1) is 6.54 Å². The molecule has 0 aliphatic carbocycles. The minimum Gasteiger partial charge on any atom is -0.444 e. The van der Waals surface area contributed by atoms with E-state index in [1.807, 2.05) is 25.7 Å². The first-order chi connectivity index (χ1) is 10.8. The van der Waals surface area contributed by atoms with Crippen LogP contribution in [0, 0.1) is 0 Å². The van der Waals surface area contributed by atoms with Gasteiger partial charge in [0.2, 0.25) is 5.91 Å². The smallest absolute Gasteiger partial charge is 0.410 e. The summed E-state index contributed by atoms with van der Waals surface area (Å²) in [5.41, 5.74) is -0.480. The van der Waals surface area contributed by atoms with E-state index in [-0.39, 0.29) is 12.0 Å². The van der Waals surface area contributed by atoms with Gasteiger partial charge >= 0.3 is 6.09 Å². The third-order valence-corrected chi connectivity index (χ3v) is 3.77. The lowest BCUT2D eigenvalue weighted by Crippen LogP contribution is -2.53. The predicted molar refractivity (Wildman–Crippen MR) is 91.4 cm³/mol. The van der Waals surface area contributed by atoms with E-state index in [9.17, 15) is 9.59 Å². The first-order valence-corrected chi connectivity index (χ1v) is 8.80. The van der Waals surface area contributed by atoms with Crippen LogP contribution in [-0.4, -0.2) is 66.7 Å². The molecule has 1 aliphatic heterocycles. The second-order valence-corrected chi connectivity index (χ2v) is 7.09.